The molecule has 26 heavy (non-hydrogen) atoms. The molecular formula is C23H17N3. The van der Waals surface area contributed by atoms with Crippen molar-refractivity contribution in [3.8, 4) is 0 Å². The highest BCUT2D eigenvalue weighted by atomic mass is 15.3. The van der Waals surface area contributed by atoms with Gasteiger partial charge in [0.15, 0.2) is 0 Å². The molecule has 0 spiro atoms. The predicted molar refractivity (Wildman–Crippen MR) is 111 cm³/mol. The molecule has 124 valence electrons. The quantitative estimate of drug-likeness (QED) is 0.149. The Morgan fingerprint density at radius 2 is 0.731 bits per heavy atom. The van der Waals surface area contributed by atoms with E-state index in [1.807, 2.05) is 0 Å². The monoisotopic (exact) mass is 335 g/mol. The molecule has 0 atom stereocenters. The molecule has 1 N–H and O–H groups in total. The molecule has 0 bridgehead atoms. The fraction of sp³-hybridized carbons (Fsp3) is 0. The van der Waals surface area contributed by atoms with Crippen LogP contribution in [0.4, 0.5) is 0 Å². The Balaban J connectivity index is 0.000000385. The van der Waals surface area contributed by atoms with Crippen LogP contribution in [0.3, 0.4) is 0 Å². The Morgan fingerprint density at radius 3 is 0.962 bits per heavy atom. The van der Waals surface area contributed by atoms with Crippen molar-refractivity contribution in [1.82, 2.24) is 0 Å². The number of hydrogen-bond acceptors (Lipinski definition) is 2. The summed E-state index contributed by atoms with van der Waals surface area (Å²) in [7, 11) is 0. The van der Waals surface area contributed by atoms with Crippen molar-refractivity contribution in [2.24, 2.45) is 10.3 Å². The fourth-order valence-corrected chi connectivity index (χ4v) is 3.39. The zero-order valence-corrected chi connectivity index (χ0v) is 14.2. The summed E-state index contributed by atoms with van der Waals surface area (Å²) in [4.78, 5) is 0. The van der Waals surface area contributed by atoms with Gasteiger partial charge in [-0.2, -0.15) is 5.53 Å². The maximum absolute atomic E-state index is 5.85. The van der Waals surface area contributed by atoms with E-state index in [-0.39, 0.29) is 0 Å². The molecule has 0 saturated heterocycles. The van der Waals surface area contributed by atoms with Crippen LogP contribution < -0.4 is 0 Å². The third kappa shape index (κ3) is 2.91. The van der Waals surface area contributed by atoms with Crippen LogP contribution in [0, 0.1) is 5.53 Å². The first-order valence-corrected chi connectivity index (χ1v) is 8.36. The molecule has 0 unspecified atom stereocenters. The normalized spacial score (nSPS) is 10.6. The largest absolute Gasteiger partial charge is 0.185 e. The molecule has 3 nitrogen and oxygen atoms in total. The number of nitrogens with zero attached hydrogens (tertiary/aromatic N) is 2. The topological polar surface area (TPSA) is 48.6 Å². The van der Waals surface area contributed by atoms with E-state index in [0.29, 0.717) is 0 Å². The van der Waals surface area contributed by atoms with Gasteiger partial charge in [-0.15, -0.1) is 5.10 Å². The molecule has 5 aromatic rings. The van der Waals surface area contributed by atoms with Gasteiger partial charge >= 0.3 is 0 Å². The molecule has 0 aromatic heterocycles. The maximum atomic E-state index is 5.85. The molecule has 0 radical (unpaired) electrons. The van der Waals surface area contributed by atoms with Crippen LogP contribution in [-0.4, -0.2) is 6.72 Å². The van der Waals surface area contributed by atoms with Gasteiger partial charge < -0.3 is 0 Å². The van der Waals surface area contributed by atoms with E-state index in [0.717, 1.165) is 0 Å². The van der Waals surface area contributed by atoms with E-state index in [2.05, 4.69) is 102 Å². The van der Waals surface area contributed by atoms with Crippen molar-refractivity contribution in [3.05, 3.63) is 84.9 Å². The summed E-state index contributed by atoms with van der Waals surface area (Å²) in [5.74, 6) is 0. The summed E-state index contributed by atoms with van der Waals surface area (Å²) >= 11 is 0. The lowest BCUT2D eigenvalue weighted by Crippen LogP contribution is -1.80. The van der Waals surface area contributed by atoms with Crippen molar-refractivity contribution in [1.29, 1.82) is 5.53 Å². The van der Waals surface area contributed by atoms with Gasteiger partial charge in [0.2, 0.25) is 0 Å². The highest BCUT2D eigenvalue weighted by molar-refractivity contribution is 6.08. The molecule has 0 saturated carbocycles. The van der Waals surface area contributed by atoms with E-state index in [4.69, 9.17) is 5.53 Å². The highest BCUT2D eigenvalue weighted by Crippen LogP contribution is 2.29. The Hall–Kier alpha value is -3.59. The lowest BCUT2D eigenvalue weighted by Gasteiger charge is -2.07. The van der Waals surface area contributed by atoms with Crippen LogP contribution >= 0.6 is 0 Å². The van der Waals surface area contributed by atoms with Crippen LogP contribution in [0.1, 0.15) is 0 Å². The Kier molecular flexibility index (Phi) is 4.12. The molecule has 0 fully saturated rings. The fourth-order valence-electron chi connectivity index (χ4n) is 3.39. The number of nitrogens with one attached hydrogen (secondary N) is 1. The first-order valence-electron chi connectivity index (χ1n) is 8.36. The summed E-state index contributed by atoms with van der Waals surface area (Å²) in [5, 5.41) is 15.7. The van der Waals surface area contributed by atoms with E-state index in [1.165, 1.54) is 43.1 Å². The average molecular weight is 335 g/mol. The maximum Gasteiger partial charge on any atom is 0.0150 e. The van der Waals surface area contributed by atoms with E-state index in [9.17, 15) is 0 Å². The standard InChI is InChI=1S/C22H14.CH3N3/c1-2-6-16-10-20-14-22-12-18-8-4-3-7-17(18)11-21(22)13-19(20)9-15(16)5-1;1-3-4-2/h1-14H;2H,1H2. The number of rotatable bonds is 1. The molecular weight excluding hydrogens is 318 g/mol. The van der Waals surface area contributed by atoms with Crippen molar-refractivity contribution in [3.63, 3.8) is 0 Å². The Bertz CT molecular complexity index is 1080. The second-order valence-corrected chi connectivity index (χ2v) is 6.19. The second kappa shape index (κ2) is 6.73. The van der Waals surface area contributed by atoms with Crippen molar-refractivity contribution in [2.75, 3.05) is 0 Å². The molecule has 3 heteroatoms. The number of benzene rings is 5. The van der Waals surface area contributed by atoms with Crippen molar-refractivity contribution in [2.45, 2.75) is 0 Å². The first kappa shape index (κ1) is 15.9. The van der Waals surface area contributed by atoms with Gasteiger partial charge in [-0.1, -0.05) is 53.8 Å². The second-order valence-electron chi connectivity index (χ2n) is 6.19. The third-order valence-electron chi connectivity index (χ3n) is 4.60. The van der Waals surface area contributed by atoms with E-state index < -0.39 is 0 Å². The summed E-state index contributed by atoms with van der Waals surface area (Å²) < 4.78 is 0. The zero-order chi connectivity index (χ0) is 17.9. The minimum atomic E-state index is 1.30. The van der Waals surface area contributed by atoms with Crippen LogP contribution in [0.2, 0.25) is 0 Å². The molecule has 5 aromatic carbocycles. The van der Waals surface area contributed by atoms with Crippen LogP contribution in [0.15, 0.2) is 95.3 Å². The minimum absolute atomic E-state index is 1.30. The van der Waals surface area contributed by atoms with Crippen LogP contribution in [0.5, 0.6) is 0 Å². The van der Waals surface area contributed by atoms with Gasteiger partial charge in [-0.3, -0.25) is 0 Å². The van der Waals surface area contributed by atoms with Crippen molar-refractivity contribution >= 4 is 49.8 Å². The number of fused-ring (bicyclic) bond motifs is 4. The lowest BCUT2D eigenvalue weighted by atomic mass is 9.97. The molecule has 0 aliphatic carbocycles. The molecule has 0 heterocycles. The minimum Gasteiger partial charge on any atom is -0.185 e. The van der Waals surface area contributed by atoms with Gasteiger partial charge in [-0.25, -0.2) is 0 Å². The average Bonchev–Trinajstić information content (AvgIpc) is 2.69. The van der Waals surface area contributed by atoms with Gasteiger partial charge in [-0.05, 0) is 79.5 Å². The van der Waals surface area contributed by atoms with Gasteiger partial charge in [0.1, 0.15) is 0 Å². The third-order valence-corrected chi connectivity index (χ3v) is 4.60. The zero-order valence-electron chi connectivity index (χ0n) is 14.2. The Labute approximate surface area is 151 Å². The molecule has 5 rings (SSSR count). The highest BCUT2D eigenvalue weighted by Gasteiger charge is 2.02. The summed E-state index contributed by atoms with van der Waals surface area (Å²) in [5.41, 5.74) is 5.85. The summed E-state index contributed by atoms with van der Waals surface area (Å²) in [6.45, 7) is 2.88. The van der Waals surface area contributed by atoms with Gasteiger partial charge in [0.25, 0.3) is 0 Å². The summed E-state index contributed by atoms with van der Waals surface area (Å²) in [6, 6.07) is 30.9. The van der Waals surface area contributed by atoms with E-state index in [1.54, 1.807) is 0 Å². The molecule has 0 aliphatic heterocycles. The lowest BCUT2D eigenvalue weighted by molar-refractivity contribution is 1.00. The first-order chi connectivity index (χ1) is 12.8. The predicted octanol–water partition coefficient (Wildman–Crippen LogP) is 6.93. The van der Waals surface area contributed by atoms with Gasteiger partial charge in [0.05, 0.1) is 0 Å². The van der Waals surface area contributed by atoms with Gasteiger partial charge in [0, 0.05) is 6.72 Å². The summed E-state index contributed by atoms with van der Waals surface area (Å²) in [6.07, 6.45) is 0. The van der Waals surface area contributed by atoms with E-state index >= 15 is 0 Å². The van der Waals surface area contributed by atoms with Crippen LogP contribution in [-0.2, 0) is 0 Å². The SMILES string of the molecule is C=NN=N.c1ccc2cc3cc4cc5ccccc5cc4cc3cc2c1. The van der Waals surface area contributed by atoms with Crippen molar-refractivity contribution < 1.29 is 0 Å². The number of hydrogen-bond donors (Lipinski definition) is 1. The molecule has 0 amide bonds. The smallest absolute Gasteiger partial charge is 0.0150 e. The Morgan fingerprint density at radius 1 is 0.500 bits per heavy atom. The molecule has 0 aliphatic rings. The van der Waals surface area contributed by atoms with Crippen LogP contribution in [0.25, 0.3) is 43.1 Å².